The zero-order chi connectivity index (χ0) is 29.5. The molecule has 2 aliphatic carbocycles. The summed E-state index contributed by atoms with van der Waals surface area (Å²) < 4.78 is 7.46. The molecule has 0 atom stereocenters. The highest BCUT2D eigenvalue weighted by Gasteiger charge is 2.32. The lowest BCUT2D eigenvalue weighted by Gasteiger charge is -2.36. The second-order valence-electron chi connectivity index (χ2n) is 12.6. The maximum absolute atomic E-state index is 14.1. The van der Waals surface area contributed by atoms with E-state index in [0.717, 1.165) is 86.1 Å². The average Bonchev–Trinajstić information content (AvgIpc) is 3.47. The van der Waals surface area contributed by atoms with Gasteiger partial charge in [0, 0.05) is 42.0 Å². The molecule has 41 heavy (non-hydrogen) atoms. The Morgan fingerprint density at radius 3 is 2.37 bits per heavy atom. The van der Waals surface area contributed by atoms with Crippen molar-refractivity contribution < 1.29 is 9.53 Å². The Hall–Kier alpha value is -3.12. The molecule has 0 bridgehead atoms. The molecule has 4 rings (SSSR count). The molecule has 1 aromatic heterocycles. The number of carbonyl (C=O) groups excluding carboxylic acids is 1. The zero-order valence-electron chi connectivity index (χ0n) is 25.8. The molecule has 0 spiro atoms. The van der Waals surface area contributed by atoms with E-state index in [2.05, 4.69) is 80.8 Å². The molecule has 0 saturated heterocycles. The second-order valence-corrected chi connectivity index (χ2v) is 12.6. The molecule has 2 saturated carbocycles. The van der Waals surface area contributed by atoms with E-state index in [1.807, 2.05) is 17.0 Å². The Bertz CT molecular complexity index is 1240. The Labute approximate surface area is 247 Å². The van der Waals surface area contributed by atoms with Gasteiger partial charge in [-0.1, -0.05) is 30.4 Å². The van der Waals surface area contributed by atoms with Crippen molar-refractivity contribution in [2.24, 2.45) is 23.5 Å². The number of ether oxygens (including phenoxy) is 1. The molecule has 2 N–H and O–H groups in total. The van der Waals surface area contributed by atoms with Gasteiger partial charge in [0.05, 0.1) is 13.3 Å². The van der Waals surface area contributed by atoms with Crippen molar-refractivity contribution in [3.8, 4) is 11.1 Å². The average molecular weight is 559 g/mol. The number of allylic oxidation sites excluding steroid dienone is 4. The third-order valence-electron chi connectivity index (χ3n) is 8.98. The smallest absolute Gasteiger partial charge is 0.230 e. The van der Waals surface area contributed by atoms with Gasteiger partial charge < -0.3 is 15.4 Å². The van der Waals surface area contributed by atoms with Crippen LogP contribution >= 0.6 is 0 Å². The summed E-state index contributed by atoms with van der Waals surface area (Å²) in [5.41, 5.74) is 11.7. The standard InChI is InChI=1S/C35H50N4O2/c1-24(2)34(41-6)19-10-26(5)28-13-11-27(12-14-28)22-38(35(40)29-15-17-32(36)18-16-29)33-9-7-8-30(20-33)31-21-37-39(23-31)25(3)4/h7-10,19-21,23,25,27-29,32H,5,11-18,22,36H2,1-4,6H3/b19-10-. The normalized spacial score (nSPS) is 23.0. The number of rotatable bonds is 10. The number of hydrogen-bond acceptors (Lipinski definition) is 4. The van der Waals surface area contributed by atoms with Crippen molar-refractivity contribution in [1.29, 1.82) is 0 Å². The number of anilines is 1. The van der Waals surface area contributed by atoms with Gasteiger partial charge in [0.25, 0.3) is 0 Å². The lowest BCUT2D eigenvalue weighted by molar-refractivity contribution is -0.123. The number of aromatic nitrogens is 2. The molecule has 0 unspecified atom stereocenters. The van der Waals surface area contributed by atoms with E-state index in [9.17, 15) is 4.79 Å². The number of benzene rings is 1. The van der Waals surface area contributed by atoms with Gasteiger partial charge in [-0.05, 0) is 120 Å². The van der Waals surface area contributed by atoms with Gasteiger partial charge in [-0.25, -0.2) is 0 Å². The third kappa shape index (κ3) is 8.00. The minimum absolute atomic E-state index is 0.0495. The number of amides is 1. The lowest BCUT2D eigenvalue weighted by atomic mass is 9.78. The zero-order valence-corrected chi connectivity index (χ0v) is 25.8. The Morgan fingerprint density at radius 1 is 1.07 bits per heavy atom. The highest BCUT2D eigenvalue weighted by Crippen LogP contribution is 2.36. The third-order valence-corrected chi connectivity index (χ3v) is 8.98. The topological polar surface area (TPSA) is 73.4 Å². The molecule has 1 aromatic carbocycles. The molecular weight excluding hydrogens is 508 g/mol. The maximum Gasteiger partial charge on any atom is 0.230 e. The Balaban J connectivity index is 1.49. The van der Waals surface area contributed by atoms with Crippen LogP contribution in [0.4, 0.5) is 5.69 Å². The molecule has 2 fully saturated rings. The molecule has 1 heterocycles. The van der Waals surface area contributed by atoms with E-state index in [4.69, 9.17) is 10.5 Å². The van der Waals surface area contributed by atoms with Crippen molar-refractivity contribution in [3.63, 3.8) is 0 Å². The number of methoxy groups -OCH3 is 1. The monoisotopic (exact) mass is 558 g/mol. The first-order valence-electron chi connectivity index (χ1n) is 15.5. The van der Waals surface area contributed by atoms with E-state index in [1.54, 1.807) is 7.11 Å². The Morgan fingerprint density at radius 2 is 1.76 bits per heavy atom. The molecule has 222 valence electrons. The first-order chi connectivity index (χ1) is 19.7. The van der Waals surface area contributed by atoms with Gasteiger partial charge in [0.1, 0.15) is 5.76 Å². The summed E-state index contributed by atoms with van der Waals surface area (Å²) in [4.78, 5) is 16.1. The van der Waals surface area contributed by atoms with Gasteiger partial charge >= 0.3 is 0 Å². The molecule has 2 aliphatic rings. The van der Waals surface area contributed by atoms with E-state index in [-0.39, 0.29) is 17.9 Å². The summed E-state index contributed by atoms with van der Waals surface area (Å²) >= 11 is 0. The lowest BCUT2D eigenvalue weighted by Crippen LogP contribution is -2.42. The molecular formula is C35H50N4O2. The van der Waals surface area contributed by atoms with Crippen LogP contribution in [0.2, 0.25) is 0 Å². The number of hydrogen-bond donors (Lipinski definition) is 1. The molecule has 0 aliphatic heterocycles. The fraction of sp³-hybridized carbons (Fsp3) is 0.543. The summed E-state index contributed by atoms with van der Waals surface area (Å²) in [6, 6.07) is 8.98. The number of nitrogens with two attached hydrogens (primary N) is 1. The van der Waals surface area contributed by atoms with Gasteiger partial charge in [0.15, 0.2) is 0 Å². The summed E-state index contributed by atoms with van der Waals surface area (Å²) in [6.45, 7) is 13.5. The van der Waals surface area contributed by atoms with E-state index < -0.39 is 0 Å². The van der Waals surface area contributed by atoms with E-state index in [1.165, 1.54) is 5.57 Å². The van der Waals surface area contributed by atoms with E-state index >= 15 is 0 Å². The quantitative estimate of drug-likeness (QED) is 0.238. The first kappa shape index (κ1) is 30.8. The van der Waals surface area contributed by atoms with Crippen LogP contribution in [0.5, 0.6) is 0 Å². The second kappa shape index (κ2) is 14.2. The Kier molecular flexibility index (Phi) is 10.7. The van der Waals surface area contributed by atoms with Crippen LogP contribution in [-0.2, 0) is 9.53 Å². The number of nitrogens with zero attached hydrogens (tertiary/aromatic N) is 3. The predicted molar refractivity (Wildman–Crippen MR) is 169 cm³/mol. The van der Waals surface area contributed by atoms with Crippen LogP contribution in [-0.4, -0.2) is 35.4 Å². The molecule has 1 amide bonds. The first-order valence-corrected chi connectivity index (χ1v) is 15.5. The summed E-state index contributed by atoms with van der Waals surface area (Å²) in [5, 5.41) is 4.54. The SMILES string of the molecule is C=C(/C=C\C(OC)=C(C)C)C1CCC(CN(C(=O)C2CCC(N)CC2)c2cccc(-c3cnn(C(C)C)c3)c2)CC1. The van der Waals surface area contributed by atoms with Crippen molar-refractivity contribution in [2.75, 3.05) is 18.6 Å². The summed E-state index contributed by atoms with van der Waals surface area (Å²) in [6.07, 6.45) is 16.2. The van der Waals surface area contributed by atoms with Crippen molar-refractivity contribution in [2.45, 2.75) is 91.1 Å². The van der Waals surface area contributed by atoms with Gasteiger partial charge in [0.2, 0.25) is 5.91 Å². The maximum atomic E-state index is 14.1. The van der Waals surface area contributed by atoms with Gasteiger partial charge in [-0.2, -0.15) is 5.10 Å². The summed E-state index contributed by atoms with van der Waals surface area (Å²) in [7, 11) is 1.71. The van der Waals surface area contributed by atoms with E-state index in [0.29, 0.717) is 17.9 Å². The number of carbonyl (C=O) groups is 1. The minimum Gasteiger partial charge on any atom is -0.497 e. The van der Waals surface area contributed by atoms with Crippen LogP contribution in [0.15, 0.2) is 72.3 Å². The predicted octanol–water partition coefficient (Wildman–Crippen LogP) is 7.84. The van der Waals surface area contributed by atoms with Crippen molar-refractivity contribution in [1.82, 2.24) is 9.78 Å². The van der Waals surface area contributed by atoms with Crippen molar-refractivity contribution >= 4 is 11.6 Å². The summed E-state index contributed by atoms with van der Waals surface area (Å²) in [5.74, 6) is 2.15. The minimum atomic E-state index is 0.0495. The fourth-order valence-electron chi connectivity index (χ4n) is 6.26. The van der Waals surface area contributed by atoms with Crippen LogP contribution in [0.1, 0.15) is 85.1 Å². The van der Waals surface area contributed by atoms with Crippen LogP contribution in [0.3, 0.4) is 0 Å². The van der Waals surface area contributed by atoms with Crippen molar-refractivity contribution in [3.05, 3.63) is 72.3 Å². The molecule has 6 nitrogen and oxygen atoms in total. The largest absolute Gasteiger partial charge is 0.497 e. The van der Waals surface area contributed by atoms with Crippen LogP contribution in [0.25, 0.3) is 11.1 Å². The van der Waals surface area contributed by atoms with Gasteiger partial charge in [-0.3, -0.25) is 9.48 Å². The van der Waals surface area contributed by atoms with Crippen LogP contribution < -0.4 is 10.6 Å². The molecule has 6 heteroatoms. The highest BCUT2D eigenvalue weighted by atomic mass is 16.5. The van der Waals surface area contributed by atoms with Gasteiger partial charge in [-0.15, -0.1) is 0 Å². The van der Waals surface area contributed by atoms with Crippen LogP contribution in [0, 0.1) is 17.8 Å². The fourth-order valence-corrected chi connectivity index (χ4v) is 6.26. The molecule has 2 aromatic rings. The molecule has 0 radical (unpaired) electrons. The highest BCUT2D eigenvalue weighted by molar-refractivity contribution is 5.95.